The summed E-state index contributed by atoms with van der Waals surface area (Å²) in [5.74, 6) is 0. The number of nitrogens with one attached hydrogen (secondary N) is 2. The summed E-state index contributed by atoms with van der Waals surface area (Å²) in [6.07, 6.45) is 11.8. The van der Waals surface area contributed by atoms with Gasteiger partial charge in [-0.25, -0.2) is 4.79 Å². The minimum absolute atomic E-state index is 0.0528. The van der Waals surface area contributed by atoms with Crippen LogP contribution in [-0.2, 0) is 0 Å². The molecule has 1 saturated carbocycles. The van der Waals surface area contributed by atoms with Gasteiger partial charge in [0.2, 0.25) is 0 Å². The molecule has 1 aromatic carbocycles. The molecule has 3 aliphatic rings. The minimum Gasteiger partial charge on any atom is -0.335 e. The number of urea groups is 1. The number of amides is 2. The Hall–Kier alpha value is -1.55. The van der Waals surface area contributed by atoms with Crippen molar-refractivity contribution >= 4 is 11.7 Å². The second kappa shape index (κ2) is 7.36. The zero-order chi connectivity index (χ0) is 17.2. The lowest BCUT2D eigenvalue weighted by atomic mass is 9.80. The number of carbonyl (C=O) groups excluding carboxylic acids is 1. The number of hydrogen-bond acceptors (Lipinski definition) is 2. The molecule has 136 valence electrons. The Morgan fingerprint density at radius 2 is 1.68 bits per heavy atom. The predicted octanol–water partition coefficient (Wildman–Crippen LogP) is 4.44. The van der Waals surface area contributed by atoms with Crippen LogP contribution in [0.25, 0.3) is 0 Å². The smallest absolute Gasteiger partial charge is 0.319 e. The van der Waals surface area contributed by atoms with Crippen molar-refractivity contribution in [2.75, 3.05) is 5.32 Å². The molecule has 2 amide bonds. The van der Waals surface area contributed by atoms with E-state index in [4.69, 9.17) is 0 Å². The molecule has 2 bridgehead atoms. The zero-order valence-corrected chi connectivity index (χ0v) is 15.3. The van der Waals surface area contributed by atoms with Gasteiger partial charge in [0.25, 0.3) is 0 Å². The van der Waals surface area contributed by atoms with Crippen LogP contribution in [-0.4, -0.2) is 35.1 Å². The van der Waals surface area contributed by atoms with E-state index in [1.54, 1.807) is 0 Å². The first-order chi connectivity index (χ1) is 12.2. The van der Waals surface area contributed by atoms with Gasteiger partial charge in [0.1, 0.15) is 0 Å². The van der Waals surface area contributed by atoms with Crippen LogP contribution in [0, 0.1) is 6.92 Å². The highest BCUT2D eigenvalue weighted by molar-refractivity contribution is 5.89. The van der Waals surface area contributed by atoms with E-state index in [0.717, 1.165) is 30.1 Å². The first-order valence-electron chi connectivity index (χ1n) is 10.1. The number of benzene rings is 1. The van der Waals surface area contributed by atoms with Gasteiger partial charge in [0.15, 0.2) is 0 Å². The summed E-state index contributed by atoms with van der Waals surface area (Å²) in [4.78, 5) is 15.3. The van der Waals surface area contributed by atoms with Gasteiger partial charge in [-0.05, 0) is 63.1 Å². The van der Waals surface area contributed by atoms with E-state index in [0.29, 0.717) is 18.1 Å². The zero-order valence-electron chi connectivity index (χ0n) is 15.3. The highest BCUT2D eigenvalue weighted by Gasteiger charge is 2.42. The number of hydrogen-bond donors (Lipinski definition) is 2. The van der Waals surface area contributed by atoms with Gasteiger partial charge in [-0.3, -0.25) is 4.90 Å². The number of piperidine rings is 2. The fraction of sp³-hybridized carbons (Fsp3) is 0.667. The average Bonchev–Trinajstić information content (AvgIpc) is 3.08. The largest absolute Gasteiger partial charge is 0.335 e. The Labute approximate surface area is 151 Å². The maximum atomic E-state index is 12.4. The molecular weight excluding hydrogens is 310 g/mol. The molecule has 1 aromatic rings. The molecule has 4 heteroatoms. The van der Waals surface area contributed by atoms with Crippen molar-refractivity contribution in [3.05, 3.63) is 29.8 Å². The van der Waals surface area contributed by atoms with Gasteiger partial charge in [-0.15, -0.1) is 0 Å². The van der Waals surface area contributed by atoms with Gasteiger partial charge < -0.3 is 10.6 Å². The monoisotopic (exact) mass is 341 g/mol. The van der Waals surface area contributed by atoms with Crippen molar-refractivity contribution in [1.29, 1.82) is 0 Å². The Morgan fingerprint density at radius 1 is 1.00 bits per heavy atom. The van der Waals surface area contributed by atoms with Crippen LogP contribution in [0.1, 0.15) is 63.4 Å². The SMILES string of the molecule is Cc1cccc(NC(=O)NC2C[C@@H]3CCC[C@@H](C2)N3C2CCCC2)c1. The lowest BCUT2D eigenvalue weighted by Crippen LogP contribution is -2.59. The Morgan fingerprint density at radius 3 is 2.36 bits per heavy atom. The van der Waals surface area contributed by atoms with E-state index in [2.05, 4.69) is 15.5 Å². The second-order valence-electron chi connectivity index (χ2n) is 8.26. The highest BCUT2D eigenvalue weighted by atomic mass is 16.2. The predicted molar refractivity (Wildman–Crippen MR) is 102 cm³/mol. The van der Waals surface area contributed by atoms with Crippen LogP contribution in [0.15, 0.2) is 24.3 Å². The summed E-state index contributed by atoms with van der Waals surface area (Å²) in [5.41, 5.74) is 2.04. The highest BCUT2D eigenvalue weighted by Crippen LogP contribution is 2.39. The van der Waals surface area contributed by atoms with Crippen LogP contribution in [0.3, 0.4) is 0 Å². The molecule has 0 aromatic heterocycles. The summed E-state index contributed by atoms with van der Waals surface area (Å²) >= 11 is 0. The third-order valence-electron chi connectivity index (χ3n) is 6.39. The van der Waals surface area contributed by atoms with Crippen molar-refractivity contribution < 1.29 is 4.79 Å². The molecule has 2 saturated heterocycles. The van der Waals surface area contributed by atoms with Crippen LogP contribution in [0.5, 0.6) is 0 Å². The first kappa shape index (κ1) is 16.9. The molecule has 0 spiro atoms. The Balaban J connectivity index is 1.35. The minimum atomic E-state index is -0.0528. The molecule has 3 fully saturated rings. The number of carbonyl (C=O) groups is 1. The van der Waals surface area contributed by atoms with Gasteiger partial charge in [0, 0.05) is 29.9 Å². The van der Waals surface area contributed by atoms with E-state index in [9.17, 15) is 4.79 Å². The van der Waals surface area contributed by atoms with Crippen LogP contribution >= 0.6 is 0 Å². The van der Waals surface area contributed by atoms with Crippen molar-refractivity contribution in [3.63, 3.8) is 0 Å². The lowest BCUT2D eigenvalue weighted by Gasteiger charge is -2.51. The number of nitrogens with zero attached hydrogens (tertiary/aromatic N) is 1. The normalized spacial score (nSPS) is 30.2. The fourth-order valence-electron chi connectivity index (χ4n) is 5.41. The van der Waals surface area contributed by atoms with Crippen LogP contribution in [0.4, 0.5) is 10.5 Å². The second-order valence-corrected chi connectivity index (χ2v) is 8.26. The third kappa shape index (κ3) is 3.84. The number of fused-ring (bicyclic) bond motifs is 2. The van der Waals surface area contributed by atoms with Gasteiger partial charge in [0.05, 0.1) is 0 Å². The van der Waals surface area contributed by atoms with E-state index < -0.39 is 0 Å². The van der Waals surface area contributed by atoms with Gasteiger partial charge >= 0.3 is 6.03 Å². The maximum absolute atomic E-state index is 12.4. The standard InChI is InChI=1S/C21H31N3O/c1-15-6-4-7-16(12-15)22-21(25)23-17-13-19-10-5-11-20(14-17)24(19)18-8-2-3-9-18/h4,6-7,12,17-20H,2-3,5,8-11,13-14H2,1H3,(H2,22,23,25)/t19-,20-/m0/s1. The summed E-state index contributed by atoms with van der Waals surface area (Å²) in [7, 11) is 0. The Bertz CT molecular complexity index is 597. The number of rotatable bonds is 3. The van der Waals surface area contributed by atoms with Crippen molar-refractivity contribution in [2.24, 2.45) is 0 Å². The molecule has 0 unspecified atom stereocenters. The molecule has 2 N–H and O–H groups in total. The van der Waals surface area contributed by atoms with Crippen LogP contribution in [0.2, 0.25) is 0 Å². The summed E-state index contributed by atoms with van der Waals surface area (Å²) in [6.45, 7) is 2.04. The third-order valence-corrected chi connectivity index (χ3v) is 6.39. The van der Waals surface area contributed by atoms with Gasteiger partial charge in [-0.2, -0.15) is 0 Å². The number of aryl methyl sites for hydroxylation is 1. The summed E-state index contributed by atoms with van der Waals surface area (Å²) < 4.78 is 0. The fourth-order valence-corrected chi connectivity index (χ4v) is 5.41. The van der Waals surface area contributed by atoms with E-state index >= 15 is 0 Å². The van der Waals surface area contributed by atoms with Crippen molar-refractivity contribution in [2.45, 2.75) is 88.9 Å². The van der Waals surface area contributed by atoms with Gasteiger partial charge in [-0.1, -0.05) is 31.4 Å². The molecule has 4 rings (SSSR count). The molecular formula is C21H31N3O. The molecule has 2 atom stereocenters. The van der Waals surface area contributed by atoms with Crippen LogP contribution < -0.4 is 10.6 Å². The molecule has 4 nitrogen and oxygen atoms in total. The topological polar surface area (TPSA) is 44.4 Å². The van der Waals surface area contributed by atoms with Crippen molar-refractivity contribution in [1.82, 2.24) is 10.2 Å². The Kier molecular flexibility index (Phi) is 4.98. The molecule has 1 aliphatic carbocycles. The molecule has 2 heterocycles. The molecule has 0 radical (unpaired) electrons. The first-order valence-corrected chi connectivity index (χ1v) is 10.1. The molecule has 25 heavy (non-hydrogen) atoms. The summed E-state index contributed by atoms with van der Waals surface area (Å²) in [6, 6.07) is 10.4. The lowest BCUT2D eigenvalue weighted by molar-refractivity contribution is -0.00680. The number of anilines is 1. The maximum Gasteiger partial charge on any atom is 0.319 e. The quantitative estimate of drug-likeness (QED) is 0.853. The van der Waals surface area contributed by atoms with E-state index in [1.165, 1.54) is 44.9 Å². The average molecular weight is 341 g/mol. The van der Waals surface area contributed by atoms with E-state index in [-0.39, 0.29) is 6.03 Å². The van der Waals surface area contributed by atoms with E-state index in [1.807, 2.05) is 31.2 Å². The van der Waals surface area contributed by atoms with Crippen molar-refractivity contribution in [3.8, 4) is 0 Å². The molecule has 2 aliphatic heterocycles. The summed E-state index contributed by atoms with van der Waals surface area (Å²) in [5, 5.41) is 6.25.